The third kappa shape index (κ3) is 2.77. The molecule has 1 nitrogen and oxygen atoms in total. The van der Waals surface area contributed by atoms with Gasteiger partial charge in [0.1, 0.15) is 0 Å². The number of hydrogen-bond donors (Lipinski definition) is 0. The van der Waals surface area contributed by atoms with Gasteiger partial charge in [0.15, 0.2) is 0 Å². The summed E-state index contributed by atoms with van der Waals surface area (Å²) in [4.78, 5) is 0. The molecule has 0 amide bonds. The molecule has 0 saturated heterocycles. The van der Waals surface area contributed by atoms with E-state index in [1.54, 1.807) is 0 Å². The van der Waals surface area contributed by atoms with E-state index in [2.05, 4.69) is 27.9 Å². The van der Waals surface area contributed by atoms with Crippen molar-refractivity contribution in [3.8, 4) is 0 Å². The van der Waals surface area contributed by atoms with Gasteiger partial charge in [-0.25, -0.2) is 0 Å². The van der Waals surface area contributed by atoms with E-state index in [0.29, 0.717) is 0 Å². The Labute approximate surface area is 82.7 Å². The molecule has 0 aliphatic carbocycles. The molecule has 0 bridgehead atoms. The van der Waals surface area contributed by atoms with Crippen LogP contribution in [0.3, 0.4) is 0 Å². The van der Waals surface area contributed by atoms with E-state index in [4.69, 9.17) is 0 Å². The summed E-state index contributed by atoms with van der Waals surface area (Å²) in [6.45, 7) is -4.14. The van der Waals surface area contributed by atoms with Crippen LogP contribution in [0, 0.1) is 0 Å². The Hall–Kier alpha value is 0.0500. The van der Waals surface area contributed by atoms with Gasteiger partial charge in [0.25, 0.3) is 0 Å². The fourth-order valence-corrected chi connectivity index (χ4v) is 0.636. The van der Waals surface area contributed by atoms with Crippen molar-refractivity contribution in [3.63, 3.8) is 0 Å². The highest BCUT2D eigenvalue weighted by atomic mass is 35.5. The van der Waals surface area contributed by atoms with E-state index in [9.17, 15) is 30.7 Å². The van der Waals surface area contributed by atoms with E-state index in [1.165, 1.54) is 0 Å². The van der Waals surface area contributed by atoms with E-state index in [0.717, 1.165) is 0 Å². The predicted octanol–water partition coefficient (Wildman–Crippen LogP) is 3.55. The van der Waals surface area contributed by atoms with Crippen molar-refractivity contribution >= 4 is 23.2 Å². The maximum atomic E-state index is 12.1. The van der Waals surface area contributed by atoms with E-state index in [-0.39, 0.29) is 0 Å². The van der Waals surface area contributed by atoms with Crippen molar-refractivity contribution in [1.82, 2.24) is 0 Å². The quantitative estimate of drug-likeness (QED) is 0.562. The van der Waals surface area contributed by atoms with Crippen molar-refractivity contribution in [2.24, 2.45) is 0 Å². The molecule has 0 N–H and O–H groups in total. The van der Waals surface area contributed by atoms with Crippen molar-refractivity contribution < 1.29 is 35.5 Å². The fourth-order valence-electron chi connectivity index (χ4n) is 0.417. The van der Waals surface area contributed by atoms with Crippen molar-refractivity contribution in [2.75, 3.05) is 0 Å². The summed E-state index contributed by atoms with van der Waals surface area (Å²) in [5.74, 6) is 0. The van der Waals surface area contributed by atoms with Gasteiger partial charge >= 0.3 is 23.2 Å². The van der Waals surface area contributed by atoms with Crippen LogP contribution in [0.1, 0.15) is 0 Å². The Morgan fingerprint density at radius 1 is 0.929 bits per heavy atom. The van der Waals surface area contributed by atoms with Gasteiger partial charge in [-0.2, -0.15) is 30.7 Å². The molecule has 0 aromatic rings. The minimum absolute atomic E-state index is 2.59. The van der Waals surface area contributed by atoms with Gasteiger partial charge in [0.05, 0.1) is 0 Å². The molecule has 0 aliphatic rings. The number of ether oxygens (including phenoxy) is 1. The van der Waals surface area contributed by atoms with E-state index in [1.807, 2.05) is 0 Å². The summed E-state index contributed by atoms with van der Waals surface area (Å²) >= 11 is 8.10. The summed E-state index contributed by atoms with van der Waals surface area (Å²) in [6, 6.07) is 0. The lowest BCUT2D eigenvalue weighted by Crippen LogP contribution is -2.54. The topological polar surface area (TPSA) is 9.23 Å². The number of alkyl halides is 9. The van der Waals surface area contributed by atoms with Gasteiger partial charge in [0.2, 0.25) is 0 Å². The monoisotopic (exact) mass is 268 g/mol. The molecule has 0 aromatic carbocycles. The maximum Gasteiger partial charge on any atom is 0.439 e. The van der Waals surface area contributed by atoms with Gasteiger partial charge in [-0.05, 0) is 11.6 Å². The van der Waals surface area contributed by atoms with E-state index < -0.39 is 23.2 Å². The fraction of sp³-hybridized carbons (Fsp3) is 1.00. The van der Waals surface area contributed by atoms with Crippen LogP contribution in [0.25, 0.3) is 0 Å². The summed E-state index contributed by atoms with van der Waals surface area (Å²) in [5, 5.41) is -10.2. The van der Waals surface area contributed by atoms with Crippen LogP contribution in [-0.2, 0) is 4.74 Å². The van der Waals surface area contributed by atoms with Gasteiger partial charge < -0.3 is 0 Å². The highest BCUT2D eigenvalue weighted by molar-refractivity contribution is 6.33. The van der Waals surface area contributed by atoms with Crippen LogP contribution < -0.4 is 0 Å². The van der Waals surface area contributed by atoms with Crippen LogP contribution >= 0.6 is 23.2 Å². The zero-order valence-electron chi connectivity index (χ0n) is 5.89. The van der Waals surface area contributed by atoms with Crippen LogP contribution in [0.15, 0.2) is 0 Å². The van der Waals surface area contributed by atoms with Crippen LogP contribution in [-0.4, -0.2) is 23.2 Å². The lowest BCUT2D eigenvalue weighted by Gasteiger charge is -2.31. The smallest absolute Gasteiger partial charge is 0.284 e. The SMILES string of the molecule is FC(F)OC(Cl)(C(F)(F)F)C(F)(F)Cl. The average Bonchev–Trinajstić information content (AvgIpc) is 1.79. The predicted molar refractivity (Wildman–Crippen MR) is 32.5 cm³/mol. The Morgan fingerprint density at radius 3 is 1.36 bits per heavy atom. The standard InChI is InChI=1S/C4HCl2F7O/c5-2(3(6,9)10,4(11,12)13)14-1(7)8/h1H. The third-order valence-corrected chi connectivity index (χ3v) is 1.88. The first-order valence-corrected chi connectivity index (χ1v) is 3.46. The molecular formula is C4HCl2F7O. The molecule has 1 unspecified atom stereocenters. The molecule has 0 aromatic heterocycles. The second-order valence-corrected chi connectivity index (χ2v) is 2.98. The zero-order valence-corrected chi connectivity index (χ0v) is 7.40. The summed E-state index contributed by atoms with van der Waals surface area (Å²) in [6.07, 6.45) is -5.95. The lowest BCUT2D eigenvalue weighted by atomic mass is 10.3. The summed E-state index contributed by atoms with van der Waals surface area (Å²) in [7, 11) is 0. The molecule has 0 rings (SSSR count). The van der Waals surface area contributed by atoms with Crippen LogP contribution in [0.2, 0.25) is 0 Å². The molecule has 86 valence electrons. The highest BCUT2D eigenvalue weighted by Crippen LogP contribution is 2.50. The summed E-state index contributed by atoms with van der Waals surface area (Å²) < 4.78 is 85.0. The molecule has 14 heavy (non-hydrogen) atoms. The van der Waals surface area contributed by atoms with Gasteiger partial charge in [-0.3, -0.25) is 4.74 Å². The molecule has 1 atom stereocenters. The first-order chi connectivity index (χ1) is 5.92. The number of hydrogen-bond acceptors (Lipinski definition) is 1. The zero-order chi connectivity index (χ0) is 11.8. The normalized spacial score (nSPS) is 18.4. The maximum absolute atomic E-state index is 12.1. The Kier molecular flexibility index (Phi) is 3.91. The van der Waals surface area contributed by atoms with Crippen LogP contribution in [0.4, 0.5) is 30.7 Å². The molecular weight excluding hydrogens is 268 g/mol. The van der Waals surface area contributed by atoms with Gasteiger partial charge in [-0.1, -0.05) is 11.6 Å². The average molecular weight is 269 g/mol. The minimum Gasteiger partial charge on any atom is -0.284 e. The third-order valence-electron chi connectivity index (χ3n) is 0.981. The Morgan fingerprint density at radius 2 is 1.29 bits per heavy atom. The second-order valence-electron chi connectivity index (χ2n) is 1.97. The molecule has 0 heterocycles. The summed E-state index contributed by atoms with van der Waals surface area (Å²) in [5.41, 5.74) is 0. The van der Waals surface area contributed by atoms with Crippen molar-refractivity contribution in [2.45, 2.75) is 23.2 Å². The Bertz CT molecular complexity index is 183. The molecule has 0 saturated carbocycles. The molecule has 0 spiro atoms. The van der Waals surface area contributed by atoms with Crippen molar-refractivity contribution in [1.29, 1.82) is 0 Å². The molecule has 10 heteroatoms. The molecule has 0 fully saturated rings. The number of rotatable bonds is 3. The second kappa shape index (κ2) is 3.90. The molecule has 0 radical (unpaired) electrons. The van der Waals surface area contributed by atoms with Gasteiger partial charge in [0, 0.05) is 0 Å². The Balaban J connectivity index is 5.07. The van der Waals surface area contributed by atoms with Gasteiger partial charge in [-0.15, -0.1) is 0 Å². The number of halogens is 9. The van der Waals surface area contributed by atoms with Crippen LogP contribution in [0.5, 0.6) is 0 Å². The lowest BCUT2D eigenvalue weighted by molar-refractivity contribution is -0.331. The first kappa shape index (κ1) is 14.1. The van der Waals surface area contributed by atoms with E-state index >= 15 is 0 Å². The largest absolute Gasteiger partial charge is 0.439 e. The first-order valence-electron chi connectivity index (χ1n) is 2.70. The van der Waals surface area contributed by atoms with Crippen molar-refractivity contribution in [3.05, 3.63) is 0 Å². The molecule has 0 aliphatic heterocycles. The minimum atomic E-state index is -5.95. The highest BCUT2D eigenvalue weighted by Gasteiger charge is 2.71.